The van der Waals surface area contributed by atoms with Gasteiger partial charge in [0.2, 0.25) is 0 Å². The van der Waals surface area contributed by atoms with Crippen LogP contribution in [0.2, 0.25) is 0 Å². The summed E-state index contributed by atoms with van der Waals surface area (Å²) in [5, 5.41) is 2.82. The Morgan fingerprint density at radius 1 is 1.24 bits per heavy atom. The molecular weight excluding hydrogens is 405 g/mol. The first-order valence-corrected chi connectivity index (χ1v) is 9.58. The van der Waals surface area contributed by atoms with E-state index in [-0.39, 0.29) is 17.8 Å². The molecule has 150 valence electrons. The van der Waals surface area contributed by atoms with Gasteiger partial charge in [-0.25, -0.2) is 0 Å². The van der Waals surface area contributed by atoms with Gasteiger partial charge in [-0.05, 0) is 41.0 Å². The molecule has 0 unspecified atom stereocenters. The van der Waals surface area contributed by atoms with Crippen molar-refractivity contribution in [1.29, 1.82) is 0 Å². The topological polar surface area (TPSA) is 60.5 Å². The molecule has 3 aromatic rings. The predicted octanol–water partition coefficient (Wildman–Crippen LogP) is 4.44. The van der Waals surface area contributed by atoms with Gasteiger partial charge in [0.25, 0.3) is 5.91 Å². The van der Waals surface area contributed by atoms with Gasteiger partial charge in [-0.2, -0.15) is 0 Å². The smallest absolute Gasteiger partial charge is 0.488 e. The highest BCUT2D eigenvalue weighted by Crippen LogP contribution is 2.34. The lowest BCUT2D eigenvalue weighted by Crippen LogP contribution is -2.34. The van der Waals surface area contributed by atoms with E-state index < -0.39 is 6.36 Å². The number of hydrogen-bond acceptors (Lipinski definition) is 5. The molecule has 0 saturated heterocycles. The summed E-state index contributed by atoms with van der Waals surface area (Å²) in [4.78, 5) is 16.4. The number of thiazole rings is 1. The minimum absolute atomic E-state index is 0.200. The Balaban J connectivity index is 1.43. The summed E-state index contributed by atoms with van der Waals surface area (Å²) in [7, 11) is 0. The van der Waals surface area contributed by atoms with Crippen LogP contribution in [0.5, 0.6) is 11.5 Å². The number of ether oxygens (including phenoxy) is 2. The van der Waals surface area contributed by atoms with Crippen LogP contribution in [0, 0.1) is 0 Å². The maximum Gasteiger partial charge on any atom is 0.573 e. The number of fused-ring (bicyclic) bond motifs is 1. The van der Waals surface area contributed by atoms with Crippen LogP contribution in [0.25, 0.3) is 11.1 Å². The molecule has 2 aromatic carbocycles. The largest absolute Gasteiger partial charge is 0.573 e. The fraction of sp³-hybridized carbons (Fsp3) is 0.200. The van der Waals surface area contributed by atoms with Crippen molar-refractivity contribution >= 4 is 17.2 Å². The van der Waals surface area contributed by atoms with E-state index in [1.54, 1.807) is 23.7 Å². The summed E-state index contributed by atoms with van der Waals surface area (Å²) in [6.07, 6.45) is -2.85. The van der Waals surface area contributed by atoms with Crippen molar-refractivity contribution in [2.24, 2.45) is 0 Å². The molecule has 0 radical (unpaired) electrons. The third-order valence-corrected chi connectivity index (χ3v) is 5.12. The normalized spacial score (nSPS) is 15.5. The molecule has 5 nitrogen and oxygen atoms in total. The van der Waals surface area contributed by atoms with E-state index >= 15 is 0 Å². The van der Waals surface area contributed by atoms with E-state index in [9.17, 15) is 18.0 Å². The van der Waals surface area contributed by atoms with Crippen molar-refractivity contribution in [1.82, 2.24) is 10.3 Å². The second-order valence-electron chi connectivity index (χ2n) is 6.42. The third-order valence-electron chi connectivity index (χ3n) is 4.35. The van der Waals surface area contributed by atoms with E-state index in [2.05, 4.69) is 15.0 Å². The molecule has 0 saturated carbocycles. The van der Waals surface area contributed by atoms with E-state index in [4.69, 9.17) is 4.74 Å². The Labute approximate surface area is 168 Å². The lowest BCUT2D eigenvalue weighted by molar-refractivity contribution is -0.274. The molecule has 1 amide bonds. The van der Waals surface area contributed by atoms with Crippen LogP contribution in [0.1, 0.15) is 15.2 Å². The molecule has 1 aromatic heterocycles. The number of rotatable bonds is 5. The van der Waals surface area contributed by atoms with Gasteiger partial charge in [-0.15, -0.1) is 24.5 Å². The zero-order valence-electron chi connectivity index (χ0n) is 14.9. The van der Waals surface area contributed by atoms with Gasteiger partial charge in [0.05, 0.1) is 18.3 Å². The zero-order chi connectivity index (χ0) is 20.4. The number of hydrogen-bond donors (Lipinski definition) is 1. The van der Waals surface area contributed by atoms with Crippen molar-refractivity contribution in [3.63, 3.8) is 0 Å². The quantitative estimate of drug-likeness (QED) is 0.663. The van der Waals surface area contributed by atoms with Crippen LogP contribution < -0.4 is 14.8 Å². The molecule has 0 aliphatic carbocycles. The SMILES string of the molecule is O=C(NC[C@@H]1Cc2cc(-c3cccc(OC(F)(F)F)c3)ccc2O1)c1cncs1. The van der Waals surface area contributed by atoms with Crippen molar-refractivity contribution in [2.75, 3.05) is 6.54 Å². The second kappa shape index (κ2) is 7.75. The van der Waals surface area contributed by atoms with Gasteiger partial charge in [0, 0.05) is 6.42 Å². The summed E-state index contributed by atoms with van der Waals surface area (Å²) in [5.74, 6) is 0.234. The van der Waals surface area contributed by atoms with Crippen LogP contribution in [0.3, 0.4) is 0 Å². The number of nitrogens with zero attached hydrogens (tertiary/aromatic N) is 1. The highest BCUT2D eigenvalue weighted by atomic mass is 32.1. The van der Waals surface area contributed by atoms with E-state index in [1.807, 2.05) is 6.07 Å². The Morgan fingerprint density at radius 3 is 2.83 bits per heavy atom. The summed E-state index contributed by atoms with van der Waals surface area (Å²) in [6, 6.07) is 11.3. The van der Waals surface area contributed by atoms with Crippen LogP contribution in [-0.4, -0.2) is 29.9 Å². The zero-order valence-corrected chi connectivity index (χ0v) is 15.7. The van der Waals surface area contributed by atoms with Gasteiger partial charge in [0.1, 0.15) is 22.5 Å². The number of carbonyl (C=O) groups excluding carboxylic acids is 1. The molecule has 1 N–H and O–H groups in total. The van der Waals surface area contributed by atoms with Crippen LogP contribution in [-0.2, 0) is 6.42 Å². The van der Waals surface area contributed by atoms with E-state index in [0.717, 1.165) is 11.1 Å². The molecule has 1 aliphatic heterocycles. The Bertz CT molecular complexity index is 1020. The van der Waals surface area contributed by atoms with Crippen molar-refractivity contribution in [2.45, 2.75) is 18.9 Å². The van der Waals surface area contributed by atoms with E-state index in [0.29, 0.717) is 29.2 Å². The molecule has 2 heterocycles. The second-order valence-corrected chi connectivity index (χ2v) is 7.30. The number of halogens is 3. The summed E-state index contributed by atoms with van der Waals surface area (Å²) in [5.41, 5.74) is 3.89. The Hall–Kier alpha value is -3.07. The first-order chi connectivity index (χ1) is 13.9. The number of carbonyl (C=O) groups is 1. The fourth-order valence-corrected chi connectivity index (χ4v) is 3.64. The number of alkyl halides is 3. The Morgan fingerprint density at radius 2 is 2.07 bits per heavy atom. The van der Waals surface area contributed by atoms with Gasteiger partial charge in [0.15, 0.2) is 0 Å². The van der Waals surface area contributed by atoms with E-state index in [1.165, 1.54) is 35.7 Å². The minimum atomic E-state index is -4.73. The highest BCUT2D eigenvalue weighted by Gasteiger charge is 2.31. The molecule has 0 spiro atoms. The van der Waals surface area contributed by atoms with Gasteiger partial charge < -0.3 is 14.8 Å². The average Bonchev–Trinajstić information content (AvgIpc) is 3.34. The maximum atomic E-state index is 12.4. The van der Waals surface area contributed by atoms with Crippen molar-refractivity contribution in [3.05, 3.63) is 64.6 Å². The monoisotopic (exact) mass is 420 g/mol. The standard InChI is InChI=1S/C20H15F3N2O3S/c21-20(22,23)28-15-3-1-2-12(7-15)13-4-5-17-14(6-13)8-16(27-17)9-25-19(26)18-10-24-11-29-18/h1-7,10-11,16H,8-9H2,(H,25,26)/t16-/m0/s1. The number of aromatic nitrogens is 1. The van der Waals surface area contributed by atoms with Crippen LogP contribution >= 0.6 is 11.3 Å². The summed E-state index contributed by atoms with van der Waals surface area (Å²) in [6.45, 7) is 0.343. The Kier molecular flexibility index (Phi) is 5.14. The number of benzene rings is 2. The minimum Gasteiger partial charge on any atom is -0.488 e. The summed E-state index contributed by atoms with van der Waals surface area (Å²) >= 11 is 1.26. The number of amides is 1. The molecule has 1 atom stereocenters. The lowest BCUT2D eigenvalue weighted by Gasteiger charge is -2.11. The van der Waals surface area contributed by atoms with Crippen LogP contribution in [0.4, 0.5) is 13.2 Å². The molecule has 29 heavy (non-hydrogen) atoms. The van der Waals surface area contributed by atoms with Gasteiger partial charge in [-0.3, -0.25) is 9.78 Å². The number of nitrogens with one attached hydrogen (secondary N) is 1. The van der Waals surface area contributed by atoms with Gasteiger partial charge in [-0.1, -0.05) is 18.2 Å². The molecule has 0 fully saturated rings. The first kappa shape index (κ1) is 19.3. The maximum absolute atomic E-state index is 12.4. The van der Waals surface area contributed by atoms with Gasteiger partial charge >= 0.3 is 6.36 Å². The average molecular weight is 420 g/mol. The van der Waals surface area contributed by atoms with Crippen molar-refractivity contribution < 1.29 is 27.4 Å². The molecule has 0 bridgehead atoms. The molecule has 1 aliphatic rings. The van der Waals surface area contributed by atoms with Crippen LogP contribution in [0.15, 0.2) is 54.2 Å². The highest BCUT2D eigenvalue weighted by molar-refractivity contribution is 7.11. The predicted molar refractivity (Wildman–Crippen MR) is 101 cm³/mol. The summed E-state index contributed by atoms with van der Waals surface area (Å²) < 4.78 is 47.2. The first-order valence-electron chi connectivity index (χ1n) is 8.70. The lowest BCUT2D eigenvalue weighted by atomic mass is 10.0. The molecule has 4 rings (SSSR count). The molecule has 9 heteroatoms. The molecular formula is C20H15F3N2O3S. The fourth-order valence-electron chi connectivity index (χ4n) is 3.11. The van der Waals surface area contributed by atoms with Crippen molar-refractivity contribution in [3.8, 4) is 22.6 Å². The third kappa shape index (κ3) is 4.68.